The lowest BCUT2D eigenvalue weighted by molar-refractivity contribution is -0.137. The number of aliphatic carboxylic acids is 1. The van der Waals surface area contributed by atoms with Crippen LogP contribution in [-0.4, -0.2) is 17.1 Å². The van der Waals surface area contributed by atoms with Crippen LogP contribution in [0.25, 0.3) is 10.8 Å². The van der Waals surface area contributed by atoms with Gasteiger partial charge in [0.1, 0.15) is 6.04 Å². The summed E-state index contributed by atoms with van der Waals surface area (Å²) in [6, 6.07) is 13.2. The molecule has 1 atom stereocenters. The van der Waals surface area contributed by atoms with Gasteiger partial charge in [-0.05, 0) is 29.8 Å². The first-order chi connectivity index (χ1) is 7.66. The van der Waals surface area contributed by atoms with Crippen LogP contribution in [0.15, 0.2) is 42.5 Å². The van der Waals surface area contributed by atoms with E-state index in [9.17, 15) is 4.79 Å². The first kappa shape index (κ1) is 13.3. The fourth-order valence-electron chi connectivity index (χ4n) is 1.59. The fraction of sp³-hybridized carbons (Fsp3) is 0.154. The average Bonchev–Trinajstić information content (AvgIpc) is 2.28. The molecule has 2 aromatic rings. The van der Waals surface area contributed by atoms with Crippen molar-refractivity contribution in [3.8, 4) is 0 Å². The van der Waals surface area contributed by atoms with Gasteiger partial charge in [-0.15, -0.1) is 12.4 Å². The molecule has 3 nitrogen and oxygen atoms in total. The molecular formula is C13H14ClNO2. The number of rotatable bonds is 3. The molecule has 0 saturated heterocycles. The van der Waals surface area contributed by atoms with E-state index < -0.39 is 12.0 Å². The zero-order valence-electron chi connectivity index (χ0n) is 9.38. The molecule has 0 aliphatic carbocycles. The number of carboxylic acid groups (broad SMARTS) is 1. The summed E-state index contributed by atoms with van der Waals surface area (Å²) >= 11 is 0. The molecule has 0 amide bonds. The molecule has 0 aliphatic rings. The van der Waals surface area contributed by atoms with Crippen LogP contribution < -0.4 is 5.32 Å². The van der Waals surface area contributed by atoms with Crippen molar-refractivity contribution < 1.29 is 9.90 Å². The first-order valence-electron chi connectivity index (χ1n) is 5.15. The van der Waals surface area contributed by atoms with Crippen LogP contribution in [0.5, 0.6) is 0 Å². The fourth-order valence-corrected chi connectivity index (χ4v) is 1.59. The normalized spacial score (nSPS) is 11.6. The van der Waals surface area contributed by atoms with Crippen LogP contribution in [0.2, 0.25) is 0 Å². The molecule has 2 aromatic carbocycles. The summed E-state index contributed by atoms with van der Waals surface area (Å²) in [7, 11) is 0. The molecule has 1 unspecified atom stereocenters. The standard InChI is InChI=1S/C13H13NO2.ClH/c1-9(13(15)16)14-12-7-6-10-4-2-3-5-11(10)8-12;/h2-9,14H,1H3,(H,15,16);1H. The number of nitrogens with one attached hydrogen (secondary N) is 1. The molecule has 0 fully saturated rings. The summed E-state index contributed by atoms with van der Waals surface area (Å²) in [4.78, 5) is 10.7. The van der Waals surface area contributed by atoms with Gasteiger partial charge in [0.05, 0.1) is 0 Å². The summed E-state index contributed by atoms with van der Waals surface area (Å²) in [5, 5.41) is 14.0. The van der Waals surface area contributed by atoms with E-state index in [0.29, 0.717) is 0 Å². The van der Waals surface area contributed by atoms with Crippen molar-refractivity contribution in [2.24, 2.45) is 0 Å². The maximum Gasteiger partial charge on any atom is 0.325 e. The third-order valence-electron chi connectivity index (χ3n) is 2.50. The highest BCUT2D eigenvalue weighted by Crippen LogP contribution is 2.19. The summed E-state index contributed by atoms with van der Waals surface area (Å²) in [6.07, 6.45) is 0. The Hall–Kier alpha value is -1.74. The zero-order valence-corrected chi connectivity index (χ0v) is 10.2. The second-order valence-electron chi connectivity index (χ2n) is 3.77. The molecule has 0 heterocycles. The van der Waals surface area contributed by atoms with Crippen LogP contribution >= 0.6 is 12.4 Å². The van der Waals surface area contributed by atoms with Gasteiger partial charge in [0.2, 0.25) is 0 Å². The summed E-state index contributed by atoms with van der Waals surface area (Å²) in [5.74, 6) is -0.854. The highest BCUT2D eigenvalue weighted by atomic mass is 35.5. The van der Waals surface area contributed by atoms with E-state index in [-0.39, 0.29) is 12.4 Å². The van der Waals surface area contributed by atoms with Gasteiger partial charge in [-0.25, -0.2) is 0 Å². The van der Waals surface area contributed by atoms with Gasteiger partial charge in [-0.3, -0.25) is 4.79 Å². The van der Waals surface area contributed by atoms with Crippen LogP contribution in [0.3, 0.4) is 0 Å². The zero-order chi connectivity index (χ0) is 11.5. The van der Waals surface area contributed by atoms with Gasteiger partial charge in [-0.2, -0.15) is 0 Å². The average molecular weight is 252 g/mol. The maximum absolute atomic E-state index is 10.7. The third-order valence-corrected chi connectivity index (χ3v) is 2.50. The van der Waals surface area contributed by atoms with Crippen molar-refractivity contribution in [3.05, 3.63) is 42.5 Å². The Labute approximate surface area is 106 Å². The molecule has 0 aliphatic heterocycles. The molecule has 4 heteroatoms. The van der Waals surface area contributed by atoms with Crippen LogP contribution in [0.1, 0.15) is 6.92 Å². The minimum atomic E-state index is -0.854. The SMILES string of the molecule is CC(Nc1ccc2ccccc2c1)C(=O)O.Cl. The topological polar surface area (TPSA) is 49.3 Å². The van der Waals surface area contributed by atoms with E-state index in [1.165, 1.54) is 0 Å². The van der Waals surface area contributed by atoms with E-state index in [1.807, 2.05) is 42.5 Å². The number of fused-ring (bicyclic) bond motifs is 1. The van der Waals surface area contributed by atoms with Crippen molar-refractivity contribution in [2.75, 3.05) is 5.32 Å². The molecule has 90 valence electrons. The van der Waals surface area contributed by atoms with Gasteiger partial charge in [0, 0.05) is 5.69 Å². The predicted molar refractivity (Wildman–Crippen MR) is 71.9 cm³/mol. The van der Waals surface area contributed by atoms with Crippen LogP contribution in [0, 0.1) is 0 Å². The van der Waals surface area contributed by atoms with Gasteiger partial charge in [0.15, 0.2) is 0 Å². The van der Waals surface area contributed by atoms with E-state index in [2.05, 4.69) is 5.32 Å². The molecule has 0 bridgehead atoms. The minimum absolute atomic E-state index is 0. The number of hydrogen-bond acceptors (Lipinski definition) is 2. The first-order valence-corrected chi connectivity index (χ1v) is 5.15. The summed E-state index contributed by atoms with van der Waals surface area (Å²) < 4.78 is 0. The van der Waals surface area contributed by atoms with Crippen molar-refractivity contribution in [1.29, 1.82) is 0 Å². The molecule has 0 aromatic heterocycles. The van der Waals surface area contributed by atoms with Gasteiger partial charge < -0.3 is 10.4 Å². The molecule has 0 spiro atoms. The highest BCUT2D eigenvalue weighted by molar-refractivity contribution is 5.86. The van der Waals surface area contributed by atoms with Gasteiger partial charge >= 0.3 is 5.97 Å². The second kappa shape index (κ2) is 5.55. The molecule has 2 rings (SSSR count). The monoisotopic (exact) mass is 251 g/mol. The van der Waals surface area contributed by atoms with E-state index in [1.54, 1.807) is 6.92 Å². The van der Waals surface area contributed by atoms with Crippen molar-refractivity contribution in [3.63, 3.8) is 0 Å². The van der Waals surface area contributed by atoms with Crippen molar-refractivity contribution in [1.82, 2.24) is 0 Å². The van der Waals surface area contributed by atoms with E-state index >= 15 is 0 Å². The smallest absolute Gasteiger partial charge is 0.325 e. The van der Waals surface area contributed by atoms with Gasteiger partial charge in [0.25, 0.3) is 0 Å². The van der Waals surface area contributed by atoms with E-state index in [4.69, 9.17) is 5.11 Å². The maximum atomic E-state index is 10.7. The predicted octanol–water partition coefficient (Wildman–Crippen LogP) is 3.15. The van der Waals surface area contributed by atoms with Crippen LogP contribution in [0.4, 0.5) is 5.69 Å². The Balaban J connectivity index is 0.00000144. The highest BCUT2D eigenvalue weighted by Gasteiger charge is 2.09. The Kier molecular flexibility index (Phi) is 4.35. The Bertz CT molecular complexity index is 528. The number of halogens is 1. The van der Waals surface area contributed by atoms with Gasteiger partial charge in [-0.1, -0.05) is 30.3 Å². The largest absolute Gasteiger partial charge is 0.480 e. The second-order valence-corrected chi connectivity index (χ2v) is 3.77. The summed E-state index contributed by atoms with van der Waals surface area (Å²) in [6.45, 7) is 1.62. The molecule has 17 heavy (non-hydrogen) atoms. The molecule has 2 N–H and O–H groups in total. The lowest BCUT2D eigenvalue weighted by Gasteiger charge is -2.11. The number of hydrogen-bond donors (Lipinski definition) is 2. The number of anilines is 1. The lowest BCUT2D eigenvalue weighted by Crippen LogP contribution is -2.25. The lowest BCUT2D eigenvalue weighted by atomic mass is 10.1. The minimum Gasteiger partial charge on any atom is -0.480 e. The van der Waals surface area contributed by atoms with Crippen molar-refractivity contribution >= 4 is 34.8 Å². The van der Waals surface area contributed by atoms with Crippen molar-refractivity contribution in [2.45, 2.75) is 13.0 Å². The number of carbonyl (C=O) groups is 1. The Morgan fingerprint density at radius 1 is 1.18 bits per heavy atom. The Morgan fingerprint density at radius 2 is 1.82 bits per heavy atom. The third kappa shape index (κ3) is 3.11. The molecule has 0 saturated carbocycles. The quantitative estimate of drug-likeness (QED) is 0.881. The number of carboxylic acids is 1. The van der Waals surface area contributed by atoms with Crippen LogP contribution in [-0.2, 0) is 4.79 Å². The summed E-state index contributed by atoms with van der Waals surface area (Å²) in [5.41, 5.74) is 0.827. The molecule has 0 radical (unpaired) electrons. The number of benzene rings is 2. The molecular weight excluding hydrogens is 238 g/mol. The Morgan fingerprint density at radius 3 is 2.47 bits per heavy atom. The van der Waals surface area contributed by atoms with E-state index in [0.717, 1.165) is 16.5 Å².